The SMILES string of the molecule is C=CCN1C(=O)[C@@](O)(CC(=O)c2ccc3c(c2)OCO3)c2ccccc21. The van der Waals surface area contributed by atoms with Gasteiger partial charge in [-0.1, -0.05) is 24.3 Å². The van der Waals surface area contributed by atoms with Gasteiger partial charge in [-0.3, -0.25) is 9.59 Å². The van der Waals surface area contributed by atoms with Gasteiger partial charge in [0, 0.05) is 17.7 Å². The van der Waals surface area contributed by atoms with E-state index < -0.39 is 11.5 Å². The predicted octanol–water partition coefficient (Wildman–Crippen LogP) is 2.41. The summed E-state index contributed by atoms with van der Waals surface area (Å²) in [4.78, 5) is 27.1. The standard InChI is InChI=1S/C20H17NO5/c1-2-9-21-15-6-4-3-5-14(15)20(24,19(21)23)11-16(22)13-7-8-17-18(10-13)26-12-25-17/h2-8,10,24H,1,9,11-12H2/t20-/m1/s1. The maximum Gasteiger partial charge on any atom is 0.264 e. The third kappa shape index (κ3) is 2.38. The van der Waals surface area contributed by atoms with Crippen LogP contribution in [0.25, 0.3) is 0 Å². The Morgan fingerprint density at radius 2 is 2.00 bits per heavy atom. The summed E-state index contributed by atoms with van der Waals surface area (Å²) in [6.07, 6.45) is 1.23. The Balaban J connectivity index is 1.67. The quantitative estimate of drug-likeness (QED) is 0.661. The molecule has 0 aliphatic carbocycles. The molecular weight excluding hydrogens is 334 g/mol. The summed E-state index contributed by atoms with van der Waals surface area (Å²) in [7, 11) is 0. The number of ketones is 1. The highest BCUT2D eigenvalue weighted by atomic mass is 16.7. The van der Waals surface area contributed by atoms with Crippen LogP contribution in [0.5, 0.6) is 11.5 Å². The van der Waals surface area contributed by atoms with Gasteiger partial charge in [-0.15, -0.1) is 6.58 Å². The van der Waals surface area contributed by atoms with Gasteiger partial charge in [0.25, 0.3) is 5.91 Å². The normalized spacial score (nSPS) is 20.2. The number of carbonyl (C=O) groups is 2. The van der Waals surface area contributed by atoms with Crippen molar-refractivity contribution in [3.05, 3.63) is 66.2 Å². The van der Waals surface area contributed by atoms with E-state index in [-0.39, 0.29) is 25.5 Å². The highest BCUT2D eigenvalue weighted by molar-refractivity contribution is 6.11. The maximum absolute atomic E-state index is 12.9. The van der Waals surface area contributed by atoms with Gasteiger partial charge in [0.2, 0.25) is 6.79 Å². The van der Waals surface area contributed by atoms with Crippen molar-refractivity contribution in [2.75, 3.05) is 18.2 Å². The summed E-state index contributed by atoms with van der Waals surface area (Å²) in [6, 6.07) is 11.8. The lowest BCUT2D eigenvalue weighted by Gasteiger charge is -2.22. The Hall–Kier alpha value is -3.12. The number of nitrogens with zero attached hydrogens (tertiary/aromatic N) is 1. The van der Waals surface area contributed by atoms with Crippen LogP contribution < -0.4 is 14.4 Å². The summed E-state index contributed by atoms with van der Waals surface area (Å²) in [5.41, 5.74) is -0.512. The molecule has 0 fully saturated rings. The predicted molar refractivity (Wildman–Crippen MR) is 94.4 cm³/mol. The molecule has 2 heterocycles. The van der Waals surface area contributed by atoms with E-state index in [1.807, 2.05) is 0 Å². The number of fused-ring (bicyclic) bond motifs is 2. The second-order valence-corrected chi connectivity index (χ2v) is 6.25. The van der Waals surface area contributed by atoms with E-state index in [1.54, 1.807) is 48.5 Å². The number of hydrogen-bond donors (Lipinski definition) is 1. The zero-order chi connectivity index (χ0) is 18.3. The van der Waals surface area contributed by atoms with E-state index >= 15 is 0 Å². The van der Waals surface area contributed by atoms with Crippen LogP contribution in [0.1, 0.15) is 22.3 Å². The molecule has 1 amide bonds. The molecule has 0 radical (unpaired) electrons. The number of para-hydroxylation sites is 1. The highest BCUT2D eigenvalue weighted by Crippen LogP contribution is 2.43. The molecule has 26 heavy (non-hydrogen) atoms. The second kappa shape index (κ2) is 6.00. The third-order valence-corrected chi connectivity index (χ3v) is 4.66. The first-order chi connectivity index (χ1) is 12.5. The molecule has 0 saturated carbocycles. The van der Waals surface area contributed by atoms with Crippen LogP contribution in [-0.4, -0.2) is 30.1 Å². The van der Waals surface area contributed by atoms with Gasteiger partial charge in [0.1, 0.15) is 0 Å². The van der Waals surface area contributed by atoms with Crippen LogP contribution in [0.15, 0.2) is 55.1 Å². The van der Waals surface area contributed by atoms with Crippen molar-refractivity contribution in [3.63, 3.8) is 0 Å². The van der Waals surface area contributed by atoms with Crippen LogP contribution in [0, 0.1) is 0 Å². The fraction of sp³-hybridized carbons (Fsp3) is 0.200. The Bertz CT molecular complexity index is 922. The van der Waals surface area contributed by atoms with Crippen molar-refractivity contribution in [1.82, 2.24) is 0 Å². The lowest BCUT2D eigenvalue weighted by Crippen LogP contribution is -2.41. The van der Waals surface area contributed by atoms with E-state index in [4.69, 9.17) is 9.47 Å². The average Bonchev–Trinajstić information content (AvgIpc) is 3.19. The van der Waals surface area contributed by atoms with Crippen molar-refractivity contribution >= 4 is 17.4 Å². The Morgan fingerprint density at radius 1 is 1.23 bits per heavy atom. The third-order valence-electron chi connectivity index (χ3n) is 4.66. The van der Waals surface area contributed by atoms with Crippen LogP contribution in [0.3, 0.4) is 0 Å². The van der Waals surface area contributed by atoms with Gasteiger partial charge in [0.15, 0.2) is 22.9 Å². The fourth-order valence-corrected chi connectivity index (χ4v) is 3.39. The van der Waals surface area contributed by atoms with E-state index in [2.05, 4.69) is 6.58 Å². The zero-order valence-electron chi connectivity index (χ0n) is 14.0. The molecule has 1 N–H and O–H groups in total. The number of carbonyl (C=O) groups excluding carboxylic acids is 2. The van der Waals surface area contributed by atoms with Crippen molar-refractivity contribution in [1.29, 1.82) is 0 Å². The monoisotopic (exact) mass is 351 g/mol. The molecular formula is C20H17NO5. The number of benzene rings is 2. The molecule has 2 aliphatic rings. The molecule has 6 nitrogen and oxygen atoms in total. The maximum atomic E-state index is 12.9. The molecule has 0 spiro atoms. The molecule has 132 valence electrons. The summed E-state index contributed by atoms with van der Waals surface area (Å²) < 4.78 is 10.5. The number of Topliss-reactive ketones (excluding diaryl/α,β-unsaturated/α-hetero) is 1. The van der Waals surface area contributed by atoms with Crippen molar-refractivity contribution in [3.8, 4) is 11.5 Å². The lowest BCUT2D eigenvalue weighted by molar-refractivity contribution is -0.135. The number of amides is 1. The second-order valence-electron chi connectivity index (χ2n) is 6.25. The molecule has 0 unspecified atom stereocenters. The minimum absolute atomic E-state index is 0.110. The van der Waals surface area contributed by atoms with E-state index in [0.717, 1.165) is 0 Å². The smallest absolute Gasteiger partial charge is 0.264 e. The fourth-order valence-electron chi connectivity index (χ4n) is 3.39. The van der Waals surface area contributed by atoms with Crippen LogP contribution in [0.4, 0.5) is 5.69 Å². The summed E-state index contributed by atoms with van der Waals surface area (Å²) in [5.74, 6) is 0.177. The van der Waals surface area contributed by atoms with Crippen molar-refractivity contribution in [2.24, 2.45) is 0 Å². The first kappa shape index (κ1) is 16.4. The Kier molecular flexibility index (Phi) is 3.77. The molecule has 6 heteroatoms. The number of aliphatic hydroxyl groups is 1. The molecule has 0 bridgehead atoms. The molecule has 2 aliphatic heterocycles. The first-order valence-corrected chi connectivity index (χ1v) is 8.22. The minimum Gasteiger partial charge on any atom is -0.454 e. The van der Waals surface area contributed by atoms with Gasteiger partial charge >= 0.3 is 0 Å². The summed E-state index contributed by atoms with van der Waals surface area (Å²) >= 11 is 0. The van der Waals surface area contributed by atoms with E-state index in [0.29, 0.717) is 28.3 Å². The average molecular weight is 351 g/mol. The minimum atomic E-state index is -1.90. The number of ether oxygens (including phenoxy) is 2. The van der Waals surface area contributed by atoms with Crippen LogP contribution in [0.2, 0.25) is 0 Å². The Morgan fingerprint density at radius 3 is 2.81 bits per heavy atom. The Labute approximate surface area is 150 Å². The topological polar surface area (TPSA) is 76.1 Å². The zero-order valence-corrected chi connectivity index (χ0v) is 14.0. The molecule has 1 atom stereocenters. The lowest BCUT2D eigenvalue weighted by atomic mass is 9.88. The number of rotatable bonds is 5. The van der Waals surface area contributed by atoms with E-state index in [9.17, 15) is 14.7 Å². The summed E-state index contributed by atoms with van der Waals surface area (Å²) in [5, 5.41) is 11.1. The van der Waals surface area contributed by atoms with Crippen LogP contribution in [-0.2, 0) is 10.4 Å². The molecule has 4 rings (SSSR count). The molecule has 0 saturated heterocycles. The highest BCUT2D eigenvalue weighted by Gasteiger charge is 2.50. The largest absolute Gasteiger partial charge is 0.454 e. The van der Waals surface area contributed by atoms with Crippen LogP contribution >= 0.6 is 0 Å². The van der Waals surface area contributed by atoms with Gasteiger partial charge in [-0.2, -0.15) is 0 Å². The first-order valence-electron chi connectivity index (χ1n) is 8.22. The molecule has 2 aromatic rings. The van der Waals surface area contributed by atoms with Gasteiger partial charge in [-0.05, 0) is 24.3 Å². The molecule has 2 aromatic carbocycles. The van der Waals surface area contributed by atoms with Gasteiger partial charge < -0.3 is 19.5 Å². The molecule has 0 aromatic heterocycles. The number of hydrogen-bond acceptors (Lipinski definition) is 5. The van der Waals surface area contributed by atoms with Gasteiger partial charge in [0.05, 0.1) is 12.1 Å². The van der Waals surface area contributed by atoms with Gasteiger partial charge in [-0.25, -0.2) is 0 Å². The number of anilines is 1. The van der Waals surface area contributed by atoms with Crippen molar-refractivity contribution in [2.45, 2.75) is 12.0 Å². The summed E-state index contributed by atoms with van der Waals surface area (Å²) in [6.45, 7) is 4.02. The van der Waals surface area contributed by atoms with Crippen molar-refractivity contribution < 1.29 is 24.2 Å². The van der Waals surface area contributed by atoms with E-state index in [1.165, 1.54) is 4.90 Å².